The average molecular weight is 496 g/mol. The standard InChI is InChI=1S/C25H23F2N5O2S/c1-13-11-32(12-16(28)24(13)33)20-7-8-29-10-19(20)31-25(34)17-5-6-21-18(30-17)9-22(35-21)23-14(26)3-2-4-15(23)27/h2-10,13,16,24,33H,11-12,28H2,1H3,(H,31,34). The molecule has 180 valence electrons. The molecule has 1 aliphatic heterocycles. The van der Waals surface area contributed by atoms with E-state index in [2.05, 4.69) is 15.3 Å². The lowest BCUT2D eigenvalue weighted by molar-refractivity contribution is 0.0785. The lowest BCUT2D eigenvalue weighted by atomic mass is 9.92. The van der Waals surface area contributed by atoms with Crippen LogP contribution in [0.15, 0.2) is 54.9 Å². The maximum absolute atomic E-state index is 14.2. The van der Waals surface area contributed by atoms with E-state index in [0.717, 1.165) is 5.69 Å². The summed E-state index contributed by atoms with van der Waals surface area (Å²) in [4.78, 5) is 24.0. The zero-order valence-electron chi connectivity index (χ0n) is 18.8. The number of pyridine rings is 2. The highest BCUT2D eigenvalue weighted by molar-refractivity contribution is 7.22. The number of anilines is 2. The fourth-order valence-electron chi connectivity index (χ4n) is 4.36. The Kier molecular flexibility index (Phi) is 6.18. The number of nitrogens with zero attached hydrogens (tertiary/aromatic N) is 3. The molecule has 5 rings (SSSR count). The topological polar surface area (TPSA) is 104 Å². The molecule has 35 heavy (non-hydrogen) atoms. The number of fused-ring (bicyclic) bond motifs is 1. The van der Waals surface area contributed by atoms with Gasteiger partial charge < -0.3 is 21.1 Å². The molecule has 1 fully saturated rings. The van der Waals surface area contributed by atoms with E-state index in [4.69, 9.17) is 5.73 Å². The number of aromatic nitrogens is 2. The number of benzene rings is 1. The van der Waals surface area contributed by atoms with E-state index >= 15 is 0 Å². The Bertz CT molecular complexity index is 1380. The molecule has 7 nitrogen and oxygen atoms in total. The van der Waals surface area contributed by atoms with Crippen LogP contribution in [0.1, 0.15) is 17.4 Å². The number of carbonyl (C=O) groups excluding carboxylic acids is 1. The van der Waals surface area contributed by atoms with E-state index in [1.54, 1.807) is 36.7 Å². The molecule has 1 amide bonds. The van der Waals surface area contributed by atoms with E-state index in [0.29, 0.717) is 33.9 Å². The van der Waals surface area contributed by atoms with Gasteiger partial charge in [-0.05, 0) is 36.4 Å². The molecule has 0 radical (unpaired) electrons. The first kappa shape index (κ1) is 23.3. The first-order chi connectivity index (χ1) is 16.8. The van der Waals surface area contributed by atoms with Crippen LogP contribution in [-0.4, -0.2) is 46.2 Å². The number of carbonyl (C=O) groups is 1. The number of thiophene rings is 1. The van der Waals surface area contributed by atoms with Gasteiger partial charge in [0.2, 0.25) is 0 Å². The van der Waals surface area contributed by atoms with Crippen molar-refractivity contribution in [3.63, 3.8) is 0 Å². The van der Waals surface area contributed by atoms with Crippen molar-refractivity contribution in [1.29, 1.82) is 0 Å². The second kappa shape index (κ2) is 9.29. The van der Waals surface area contributed by atoms with E-state index in [1.165, 1.54) is 29.5 Å². The van der Waals surface area contributed by atoms with Gasteiger partial charge in [0.05, 0.1) is 39.5 Å². The summed E-state index contributed by atoms with van der Waals surface area (Å²) in [5.41, 5.74) is 7.86. The van der Waals surface area contributed by atoms with E-state index in [-0.39, 0.29) is 17.2 Å². The lowest BCUT2D eigenvalue weighted by Crippen LogP contribution is -2.55. The maximum Gasteiger partial charge on any atom is 0.274 e. The molecule has 0 spiro atoms. The van der Waals surface area contributed by atoms with Gasteiger partial charge in [0.15, 0.2) is 0 Å². The fraction of sp³-hybridized carbons (Fsp3) is 0.240. The van der Waals surface area contributed by atoms with Crippen molar-refractivity contribution in [2.45, 2.75) is 19.1 Å². The van der Waals surface area contributed by atoms with Gasteiger partial charge in [0.1, 0.15) is 17.3 Å². The van der Waals surface area contributed by atoms with Crippen LogP contribution in [0.3, 0.4) is 0 Å². The Morgan fingerprint density at radius 1 is 1.20 bits per heavy atom. The summed E-state index contributed by atoms with van der Waals surface area (Å²) in [7, 11) is 0. The summed E-state index contributed by atoms with van der Waals surface area (Å²) < 4.78 is 29.2. The third-order valence-electron chi connectivity index (χ3n) is 6.16. The number of halogens is 2. The van der Waals surface area contributed by atoms with Crippen molar-refractivity contribution in [3.05, 3.63) is 72.2 Å². The number of aliphatic hydroxyl groups is 1. The Morgan fingerprint density at radius 3 is 2.71 bits per heavy atom. The van der Waals surface area contributed by atoms with Gasteiger partial charge in [-0.2, -0.15) is 0 Å². The minimum absolute atomic E-state index is 0.0355. The summed E-state index contributed by atoms with van der Waals surface area (Å²) >= 11 is 1.20. The summed E-state index contributed by atoms with van der Waals surface area (Å²) in [5, 5.41) is 13.0. The molecule has 1 aromatic carbocycles. The number of rotatable bonds is 4. The van der Waals surface area contributed by atoms with Crippen LogP contribution in [0, 0.1) is 17.6 Å². The molecule has 0 bridgehead atoms. The molecule has 3 unspecified atom stereocenters. The van der Waals surface area contributed by atoms with E-state index in [1.807, 2.05) is 11.8 Å². The lowest BCUT2D eigenvalue weighted by Gasteiger charge is -2.40. The third kappa shape index (κ3) is 4.47. The highest BCUT2D eigenvalue weighted by Gasteiger charge is 2.32. The minimum atomic E-state index is -0.655. The van der Waals surface area contributed by atoms with Crippen LogP contribution in [0.4, 0.5) is 20.2 Å². The fourth-order valence-corrected chi connectivity index (χ4v) is 5.41. The van der Waals surface area contributed by atoms with Crippen molar-refractivity contribution < 1.29 is 18.7 Å². The smallest absolute Gasteiger partial charge is 0.274 e. The molecular weight excluding hydrogens is 472 g/mol. The van der Waals surface area contributed by atoms with Gasteiger partial charge in [0, 0.05) is 36.1 Å². The molecule has 4 N–H and O–H groups in total. The predicted molar refractivity (Wildman–Crippen MR) is 133 cm³/mol. The van der Waals surface area contributed by atoms with Crippen molar-refractivity contribution in [2.75, 3.05) is 23.3 Å². The Labute approximate surface area is 204 Å². The van der Waals surface area contributed by atoms with Crippen molar-refractivity contribution in [1.82, 2.24) is 9.97 Å². The number of piperidine rings is 1. The number of nitrogens with two attached hydrogens (primary N) is 1. The van der Waals surface area contributed by atoms with Crippen molar-refractivity contribution in [2.24, 2.45) is 11.7 Å². The molecule has 3 aromatic heterocycles. The first-order valence-electron chi connectivity index (χ1n) is 11.1. The number of amides is 1. The molecular formula is C25H23F2N5O2S. The second-order valence-electron chi connectivity index (χ2n) is 8.67. The van der Waals surface area contributed by atoms with E-state index in [9.17, 15) is 18.7 Å². The molecule has 10 heteroatoms. The number of hydrogen-bond donors (Lipinski definition) is 3. The van der Waals surface area contributed by atoms with Crippen LogP contribution >= 0.6 is 11.3 Å². The van der Waals surface area contributed by atoms with Gasteiger partial charge in [-0.3, -0.25) is 9.78 Å². The summed E-state index contributed by atoms with van der Waals surface area (Å²) in [6.07, 6.45) is 2.59. The SMILES string of the molecule is CC1CN(c2ccncc2NC(=O)c2ccc3sc(-c4c(F)cccc4F)cc3n2)CC(N)C1O. The number of hydrogen-bond acceptors (Lipinski definition) is 7. The Hall–Kier alpha value is -3.47. The molecule has 4 heterocycles. The molecule has 3 atom stereocenters. The molecule has 1 aliphatic rings. The van der Waals surface area contributed by atoms with Gasteiger partial charge in [-0.25, -0.2) is 13.8 Å². The predicted octanol–water partition coefficient (Wildman–Crippen LogP) is 4.03. The van der Waals surface area contributed by atoms with E-state index < -0.39 is 29.7 Å². The van der Waals surface area contributed by atoms with Crippen molar-refractivity contribution >= 4 is 38.8 Å². The first-order valence-corrected chi connectivity index (χ1v) is 11.9. The quantitative estimate of drug-likeness (QED) is 0.395. The van der Waals surface area contributed by atoms with Crippen molar-refractivity contribution in [3.8, 4) is 10.4 Å². The summed E-state index contributed by atoms with van der Waals surface area (Å²) in [6, 6.07) is 9.96. The third-order valence-corrected chi connectivity index (χ3v) is 7.27. The van der Waals surface area contributed by atoms with Gasteiger partial charge >= 0.3 is 0 Å². The summed E-state index contributed by atoms with van der Waals surface area (Å²) in [6.45, 7) is 2.95. The largest absolute Gasteiger partial charge is 0.391 e. The van der Waals surface area contributed by atoms with Crippen LogP contribution < -0.4 is 16.0 Å². The van der Waals surface area contributed by atoms with Gasteiger partial charge in [-0.1, -0.05) is 13.0 Å². The van der Waals surface area contributed by atoms with Crippen LogP contribution in [0.2, 0.25) is 0 Å². The molecule has 0 aliphatic carbocycles. The zero-order valence-corrected chi connectivity index (χ0v) is 19.6. The maximum atomic E-state index is 14.2. The average Bonchev–Trinajstić information content (AvgIpc) is 3.25. The monoisotopic (exact) mass is 495 g/mol. The molecule has 4 aromatic rings. The normalized spacial score (nSPS) is 20.3. The number of aliphatic hydroxyl groups excluding tert-OH is 1. The van der Waals surface area contributed by atoms with Crippen LogP contribution in [0.5, 0.6) is 0 Å². The zero-order chi connectivity index (χ0) is 24.7. The Balaban J connectivity index is 1.41. The summed E-state index contributed by atoms with van der Waals surface area (Å²) in [5.74, 6) is -1.79. The Morgan fingerprint density at radius 2 is 1.97 bits per heavy atom. The highest BCUT2D eigenvalue weighted by atomic mass is 32.1. The molecule has 1 saturated heterocycles. The second-order valence-corrected chi connectivity index (χ2v) is 9.75. The van der Waals surface area contributed by atoms with Crippen LogP contribution in [-0.2, 0) is 0 Å². The minimum Gasteiger partial charge on any atom is -0.391 e. The van der Waals surface area contributed by atoms with Gasteiger partial charge in [0.25, 0.3) is 5.91 Å². The van der Waals surface area contributed by atoms with Gasteiger partial charge in [-0.15, -0.1) is 11.3 Å². The highest BCUT2D eigenvalue weighted by Crippen LogP contribution is 2.36. The number of nitrogens with one attached hydrogen (secondary N) is 1. The van der Waals surface area contributed by atoms with Crippen LogP contribution in [0.25, 0.3) is 20.7 Å². The molecule has 0 saturated carbocycles.